The van der Waals surface area contributed by atoms with Crippen molar-refractivity contribution in [1.82, 2.24) is 14.7 Å². The molecule has 0 bridgehead atoms. The number of aromatic nitrogens is 2. The number of para-hydroxylation sites is 1. The number of likely N-dealkylation sites (N-methyl/N-ethyl adjacent to an activating group) is 1. The van der Waals surface area contributed by atoms with E-state index in [-0.39, 0.29) is 18.3 Å². The van der Waals surface area contributed by atoms with Gasteiger partial charge < -0.3 is 4.90 Å². The monoisotopic (exact) mass is 376 g/mol. The molecule has 5 nitrogen and oxygen atoms in total. The van der Waals surface area contributed by atoms with Gasteiger partial charge in [-0.1, -0.05) is 30.3 Å². The molecule has 5 rings (SSSR count). The summed E-state index contributed by atoms with van der Waals surface area (Å²) in [5.74, 6) is -0.271. The van der Waals surface area contributed by atoms with Crippen LogP contribution in [0.15, 0.2) is 54.9 Å². The summed E-state index contributed by atoms with van der Waals surface area (Å²) >= 11 is 0. The molecule has 6 heteroatoms. The number of aryl methyl sites for hydroxylation is 1. The van der Waals surface area contributed by atoms with Gasteiger partial charge in [0.15, 0.2) is 0 Å². The molecule has 1 spiro atoms. The summed E-state index contributed by atoms with van der Waals surface area (Å²) in [6.45, 7) is 1.12. The van der Waals surface area contributed by atoms with Gasteiger partial charge in [-0.05, 0) is 31.2 Å². The van der Waals surface area contributed by atoms with E-state index in [0.717, 1.165) is 35.3 Å². The fourth-order valence-corrected chi connectivity index (χ4v) is 4.43. The van der Waals surface area contributed by atoms with Gasteiger partial charge in [-0.3, -0.25) is 14.4 Å². The van der Waals surface area contributed by atoms with E-state index < -0.39 is 5.54 Å². The van der Waals surface area contributed by atoms with Crippen molar-refractivity contribution in [1.29, 1.82) is 0 Å². The van der Waals surface area contributed by atoms with Crippen LogP contribution in [0.2, 0.25) is 0 Å². The van der Waals surface area contributed by atoms with Crippen LogP contribution in [0.5, 0.6) is 0 Å². The van der Waals surface area contributed by atoms with E-state index in [2.05, 4.69) is 10.00 Å². The van der Waals surface area contributed by atoms with Gasteiger partial charge in [0.1, 0.15) is 11.4 Å². The summed E-state index contributed by atoms with van der Waals surface area (Å²) in [6.07, 6.45) is 4.37. The van der Waals surface area contributed by atoms with Gasteiger partial charge >= 0.3 is 0 Å². The van der Waals surface area contributed by atoms with Gasteiger partial charge in [0.25, 0.3) is 5.91 Å². The van der Waals surface area contributed by atoms with E-state index in [4.69, 9.17) is 0 Å². The number of fused-ring (bicyclic) bond motifs is 2. The molecule has 1 aromatic heterocycles. The molecule has 2 aliphatic heterocycles. The Morgan fingerprint density at radius 3 is 2.61 bits per heavy atom. The Balaban J connectivity index is 1.49. The molecule has 2 aliphatic rings. The predicted octanol–water partition coefficient (Wildman–Crippen LogP) is 3.30. The predicted molar refractivity (Wildman–Crippen MR) is 105 cm³/mol. The highest BCUT2D eigenvalue weighted by Crippen LogP contribution is 2.50. The highest BCUT2D eigenvalue weighted by Gasteiger charge is 2.57. The number of carbonyl (C=O) groups excluding carboxylic acids is 1. The molecule has 142 valence electrons. The third-order valence-electron chi connectivity index (χ3n) is 6.12. The molecule has 1 fully saturated rings. The summed E-state index contributed by atoms with van der Waals surface area (Å²) in [4.78, 5) is 17.2. The third kappa shape index (κ3) is 2.27. The molecule has 0 saturated carbocycles. The van der Waals surface area contributed by atoms with Crippen LogP contribution in [0.25, 0.3) is 11.1 Å². The fourth-order valence-electron chi connectivity index (χ4n) is 4.43. The number of amides is 1. The molecule has 0 N–H and O–H groups in total. The van der Waals surface area contributed by atoms with Gasteiger partial charge in [-0.25, -0.2) is 4.39 Å². The maximum atomic E-state index is 14.9. The average molecular weight is 376 g/mol. The number of halogens is 1. The van der Waals surface area contributed by atoms with Crippen molar-refractivity contribution in [2.75, 3.05) is 18.5 Å². The number of hydrogen-bond acceptors (Lipinski definition) is 3. The van der Waals surface area contributed by atoms with E-state index in [0.29, 0.717) is 5.56 Å². The summed E-state index contributed by atoms with van der Waals surface area (Å²) in [6, 6.07) is 13.0. The largest absolute Gasteiger partial charge is 0.306 e. The number of anilines is 1. The minimum atomic E-state index is -0.581. The minimum absolute atomic E-state index is 0.0400. The molecule has 2 aromatic carbocycles. The molecule has 28 heavy (non-hydrogen) atoms. The second-order valence-electron chi connectivity index (χ2n) is 7.65. The van der Waals surface area contributed by atoms with Crippen LogP contribution in [0.1, 0.15) is 17.5 Å². The third-order valence-corrected chi connectivity index (χ3v) is 6.12. The van der Waals surface area contributed by atoms with E-state index in [1.54, 1.807) is 21.8 Å². The summed E-state index contributed by atoms with van der Waals surface area (Å²) in [7, 11) is 3.81. The molecule has 3 aromatic rings. The Hall–Kier alpha value is -2.99. The van der Waals surface area contributed by atoms with Crippen LogP contribution in [-0.2, 0) is 23.9 Å². The van der Waals surface area contributed by atoms with Crippen molar-refractivity contribution in [2.24, 2.45) is 7.05 Å². The van der Waals surface area contributed by atoms with Crippen LogP contribution in [-0.4, -0.2) is 34.2 Å². The maximum Gasteiger partial charge on any atom is 0.252 e. The zero-order valence-corrected chi connectivity index (χ0v) is 15.9. The molecule has 1 unspecified atom stereocenters. The first-order valence-electron chi connectivity index (χ1n) is 9.41. The van der Waals surface area contributed by atoms with Gasteiger partial charge in [0.05, 0.1) is 12.7 Å². The van der Waals surface area contributed by atoms with E-state index in [9.17, 15) is 9.18 Å². The van der Waals surface area contributed by atoms with Gasteiger partial charge in [0, 0.05) is 42.2 Å². The van der Waals surface area contributed by atoms with Crippen molar-refractivity contribution >= 4 is 11.6 Å². The summed E-state index contributed by atoms with van der Waals surface area (Å²) in [5, 5.41) is 4.14. The molecule has 1 amide bonds. The van der Waals surface area contributed by atoms with E-state index >= 15 is 0 Å². The Kier molecular flexibility index (Phi) is 3.67. The first-order valence-corrected chi connectivity index (χ1v) is 9.41. The molecular weight excluding hydrogens is 355 g/mol. The Morgan fingerprint density at radius 1 is 1.14 bits per heavy atom. The van der Waals surface area contributed by atoms with Crippen LogP contribution in [0.4, 0.5) is 10.1 Å². The minimum Gasteiger partial charge on any atom is -0.306 e. The van der Waals surface area contributed by atoms with Crippen molar-refractivity contribution in [3.63, 3.8) is 0 Å². The molecule has 1 saturated heterocycles. The number of rotatable bonds is 3. The summed E-state index contributed by atoms with van der Waals surface area (Å²) in [5.41, 5.74) is 3.48. The van der Waals surface area contributed by atoms with Gasteiger partial charge in [-0.2, -0.15) is 5.10 Å². The lowest BCUT2D eigenvalue weighted by Gasteiger charge is -2.47. The molecule has 3 heterocycles. The number of hydrogen-bond donors (Lipinski definition) is 0. The van der Waals surface area contributed by atoms with Crippen molar-refractivity contribution in [3.8, 4) is 11.1 Å². The second kappa shape index (κ2) is 6.01. The van der Waals surface area contributed by atoms with Crippen molar-refractivity contribution < 1.29 is 9.18 Å². The fraction of sp³-hybridized carbons (Fsp3) is 0.273. The van der Waals surface area contributed by atoms with Gasteiger partial charge in [0.2, 0.25) is 0 Å². The topological polar surface area (TPSA) is 41.4 Å². The van der Waals surface area contributed by atoms with Crippen LogP contribution < -0.4 is 4.90 Å². The zero-order valence-electron chi connectivity index (χ0n) is 15.9. The standard InChI is InChI=1S/C22H21FN4O/c1-25-10-9-22(25)18-5-3-4-6-20(18)27(21(22)28)14-16-8-7-15(11-19(16)23)17-12-24-26(2)13-17/h3-8,11-13H,9-10,14H2,1-2H3. The Morgan fingerprint density at radius 2 is 1.96 bits per heavy atom. The first kappa shape index (κ1) is 17.1. The van der Waals surface area contributed by atoms with Crippen LogP contribution in [0, 0.1) is 5.82 Å². The lowest BCUT2D eigenvalue weighted by atomic mass is 9.80. The Labute approximate surface area is 163 Å². The molecular formula is C22H21FN4O. The molecule has 1 atom stereocenters. The van der Waals surface area contributed by atoms with Crippen molar-refractivity contribution in [2.45, 2.75) is 18.5 Å². The highest BCUT2D eigenvalue weighted by atomic mass is 19.1. The quantitative estimate of drug-likeness (QED) is 0.704. The number of benzene rings is 2. The van der Waals surface area contributed by atoms with Crippen molar-refractivity contribution in [3.05, 3.63) is 71.8 Å². The molecule has 0 radical (unpaired) electrons. The maximum absolute atomic E-state index is 14.9. The van der Waals surface area contributed by atoms with Crippen LogP contribution in [0.3, 0.4) is 0 Å². The second-order valence-corrected chi connectivity index (χ2v) is 7.65. The SMILES string of the molecule is CN1CCC12C(=O)N(Cc1ccc(-c3cnn(C)c3)cc1F)c1ccccc12. The normalized spacial score (nSPS) is 21.2. The summed E-state index contributed by atoms with van der Waals surface area (Å²) < 4.78 is 16.6. The number of likely N-dealkylation sites (tertiary alicyclic amines) is 1. The average Bonchev–Trinajstić information content (AvgIpc) is 3.23. The first-order chi connectivity index (χ1) is 13.5. The highest BCUT2D eigenvalue weighted by molar-refractivity contribution is 6.08. The number of nitrogens with zero attached hydrogens (tertiary/aromatic N) is 4. The van der Waals surface area contributed by atoms with E-state index in [1.165, 1.54) is 6.07 Å². The van der Waals surface area contributed by atoms with Gasteiger partial charge in [-0.15, -0.1) is 0 Å². The zero-order chi connectivity index (χ0) is 19.5. The Bertz CT molecular complexity index is 1090. The smallest absolute Gasteiger partial charge is 0.252 e. The molecule has 0 aliphatic carbocycles. The lowest BCUT2D eigenvalue weighted by Crippen LogP contribution is -2.60. The number of carbonyl (C=O) groups is 1. The van der Waals surface area contributed by atoms with Crippen LogP contribution >= 0.6 is 0 Å². The lowest BCUT2D eigenvalue weighted by molar-refractivity contribution is -0.137. The van der Waals surface area contributed by atoms with E-state index in [1.807, 2.05) is 50.6 Å².